The van der Waals surface area contributed by atoms with E-state index in [-0.39, 0.29) is 5.75 Å². The number of hydrogen-bond acceptors (Lipinski definition) is 6. The van der Waals surface area contributed by atoms with Gasteiger partial charge in [-0.1, -0.05) is 18.2 Å². The van der Waals surface area contributed by atoms with Gasteiger partial charge in [-0.05, 0) is 53.4 Å². The van der Waals surface area contributed by atoms with Crippen molar-refractivity contribution < 1.29 is 12.6 Å². The fourth-order valence-electron chi connectivity index (χ4n) is 2.58. The fourth-order valence-corrected chi connectivity index (χ4v) is 3.68. The summed E-state index contributed by atoms with van der Waals surface area (Å²) in [4.78, 5) is 3.40. The Morgan fingerprint density at radius 3 is 2.30 bits per heavy atom. The van der Waals surface area contributed by atoms with Crippen molar-refractivity contribution in [2.24, 2.45) is 5.14 Å². The molecule has 1 heterocycles. The Kier molecular flexibility index (Phi) is 5.76. The van der Waals surface area contributed by atoms with Gasteiger partial charge in [-0.2, -0.15) is 18.8 Å². The molecule has 0 bridgehead atoms. The Hall–Kier alpha value is -2.86. The van der Waals surface area contributed by atoms with E-state index in [1.54, 1.807) is 47.7 Å². The van der Waals surface area contributed by atoms with Gasteiger partial charge in [0.05, 0.1) is 18.2 Å². The lowest BCUT2D eigenvalue weighted by Gasteiger charge is -2.24. The average Bonchev–Trinajstić information content (AvgIpc) is 3.15. The topological polar surface area (TPSA) is 96.4 Å². The van der Waals surface area contributed by atoms with Crippen LogP contribution in [0, 0.1) is 11.3 Å². The molecule has 8 heteroatoms. The van der Waals surface area contributed by atoms with Crippen molar-refractivity contribution in [1.82, 2.24) is 0 Å². The molecule has 0 aliphatic heterocycles. The molecule has 27 heavy (non-hydrogen) atoms. The highest BCUT2D eigenvalue weighted by Gasteiger charge is 2.11. The number of benzene rings is 2. The molecule has 2 N–H and O–H groups in total. The van der Waals surface area contributed by atoms with Crippen molar-refractivity contribution in [3.63, 3.8) is 0 Å². The van der Waals surface area contributed by atoms with Crippen molar-refractivity contribution >= 4 is 27.3 Å². The van der Waals surface area contributed by atoms with Gasteiger partial charge in [0.1, 0.15) is 5.75 Å². The number of thiophene rings is 1. The predicted octanol–water partition coefficient (Wildman–Crippen LogP) is 3.41. The maximum atomic E-state index is 11.0. The molecule has 3 aromatic rings. The Morgan fingerprint density at radius 1 is 1.04 bits per heavy atom. The van der Waals surface area contributed by atoms with Crippen LogP contribution in [0.25, 0.3) is 0 Å². The molecule has 6 nitrogen and oxygen atoms in total. The number of nitrogens with two attached hydrogens (primary N) is 1. The summed E-state index contributed by atoms with van der Waals surface area (Å²) in [5, 5.41) is 15.9. The second-order valence-electron chi connectivity index (χ2n) is 5.81. The van der Waals surface area contributed by atoms with Gasteiger partial charge in [0.25, 0.3) is 0 Å². The van der Waals surface area contributed by atoms with Gasteiger partial charge in [-0.15, -0.1) is 11.3 Å². The molecule has 2 aromatic carbocycles. The smallest absolute Gasteiger partial charge is 0.371 e. The standard InChI is InChI=1S/C19H17N3O3S2/c20-12-15-3-7-17(8-4-15)22(14-19-2-1-11-26-19)13-16-5-9-18(10-6-16)25-27(21,23)24/h1-11H,13-14H2,(H2,21,23,24). The highest BCUT2D eigenvalue weighted by molar-refractivity contribution is 7.84. The van der Waals surface area contributed by atoms with Crippen LogP contribution in [0.15, 0.2) is 66.0 Å². The highest BCUT2D eigenvalue weighted by Crippen LogP contribution is 2.23. The summed E-state index contributed by atoms with van der Waals surface area (Å²) in [6, 6.07) is 20.4. The zero-order valence-electron chi connectivity index (χ0n) is 14.3. The van der Waals surface area contributed by atoms with Crippen molar-refractivity contribution in [3.05, 3.63) is 82.0 Å². The van der Waals surface area contributed by atoms with E-state index < -0.39 is 10.3 Å². The first kappa shape index (κ1) is 18.9. The van der Waals surface area contributed by atoms with Gasteiger partial charge in [-0.25, -0.2) is 0 Å². The molecule has 0 atom stereocenters. The van der Waals surface area contributed by atoms with E-state index in [4.69, 9.17) is 10.4 Å². The maximum Gasteiger partial charge on any atom is 0.380 e. The molecular formula is C19H17N3O3S2. The van der Waals surface area contributed by atoms with Crippen molar-refractivity contribution in [1.29, 1.82) is 5.26 Å². The summed E-state index contributed by atoms with van der Waals surface area (Å²) in [5.41, 5.74) is 2.59. The van der Waals surface area contributed by atoms with Crippen LogP contribution in [0.2, 0.25) is 0 Å². The molecule has 0 amide bonds. The molecule has 0 aliphatic rings. The van der Waals surface area contributed by atoms with E-state index in [1.165, 1.54) is 4.88 Å². The van der Waals surface area contributed by atoms with Crippen LogP contribution in [0.1, 0.15) is 16.0 Å². The third kappa shape index (κ3) is 5.56. The van der Waals surface area contributed by atoms with Gasteiger partial charge < -0.3 is 9.08 Å². The van der Waals surface area contributed by atoms with Gasteiger partial charge in [-0.3, -0.25) is 0 Å². The first-order chi connectivity index (χ1) is 12.9. The van der Waals surface area contributed by atoms with Crippen molar-refractivity contribution in [3.8, 4) is 11.8 Å². The lowest BCUT2D eigenvalue weighted by Crippen LogP contribution is -2.21. The largest absolute Gasteiger partial charge is 0.380 e. The number of nitrogens with zero attached hydrogens (tertiary/aromatic N) is 2. The van der Waals surface area contributed by atoms with Crippen LogP contribution in [-0.4, -0.2) is 8.42 Å². The molecule has 0 aliphatic carbocycles. The minimum Gasteiger partial charge on any atom is -0.371 e. The van der Waals surface area contributed by atoms with E-state index in [1.807, 2.05) is 23.6 Å². The Balaban J connectivity index is 1.81. The number of rotatable bonds is 7. The fraction of sp³-hybridized carbons (Fsp3) is 0.105. The summed E-state index contributed by atoms with van der Waals surface area (Å²) in [6.45, 7) is 1.33. The van der Waals surface area contributed by atoms with Crippen LogP contribution in [-0.2, 0) is 23.4 Å². The van der Waals surface area contributed by atoms with Gasteiger partial charge in [0, 0.05) is 17.1 Å². The minimum absolute atomic E-state index is 0.171. The zero-order valence-corrected chi connectivity index (χ0v) is 15.9. The molecule has 0 spiro atoms. The third-order valence-electron chi connectivity index (χ3n) is 3.80. The summed E-state index contributed by atoms with van der Waals surface area (Å²) < 4.78 is 26.7. The van der Waals surface area contributed by atoms with Gasteiger partial charge >= 0.3 is 10.3 Å². The first-order valence-electron chi connectivity index (χ1n) is 8.01. The molecule has 1 aromatic heterocycles. The third-order valence-corrected chi connectivity index (χ3v) is 5.08. The molecule has 0 fully saturated rings. The molecule has 0 saturated carbocycles. The van der Waals surface area contributed by atoms with Crippen molar-refractivity contribution in [2.45, 2.75) is 13.1 Å². The van der Waals surface area contributed by atoms with Crippen molar-refractivity contribution in [2.75, 3.05) is 4.90 Å². The van der Waals surface area contributed by atoms with Crippen LogP contribution < -0.4 is 14.2 Å². The molecule has 138 valence electrons. The summed E-state index contributed by atoms with van der Waals surface area (Å²) in [5.74, 6) is 0.171. The number of hydrogen-bond donors (Lipinski definition) is 1. The van der Waals surface area contributed by atoms with E-state index in [0.29, 0.717) is 12.1 Å². The number of nitriles is 1. The second kappa shape index (κ2) is 8.22. The van der Waals surface area contributed by atoms with Gasteiger partial charge in [0.15, 0.2) is 0 Å². The molecular weight excluding hydrogens is 382 g/mol. The normalized spacial score (nSPS) is 11.0. The van der Waals surface area contributed by atoms with Gasteiger partial charge in [0.2, 0.25) is 0 Å². The first-order valence-corrected chi connectivity index (χ1v) is 10.4. The average molecular weight is 399 g/mol. The van der Waals surface area contributed by atoms with Crippen LogP contribution in [0.5, 0.6) is 5.75 Å². The Morgan fingerprint density at radius 2 is 1.74 bits per heavy atom. The second-order valence-corrected chi connectivity index (χ2v) is 8.00. The zero-order chi connectivity index (χ0) is 19.3. The molecule has 3 rings (SSSR count). The SMILES string of the molecule is N#Cc1ccc(N(Cc2ccc(OS(N)(=O)=O)cc2)Cc2cccs2)cc1. The van der Waals surface area contributed by atoms with E-state index in [2.05, 4.69) is 21.2 Å². The monoisotopic (exact) mass is 399 g/mol. The van der Waals surface area contributed by atoms with E-state index in [0.717, 1.165) is 17.8 Å². The van der Waals surface area contributed by atoms with Crippen LogP contribution >= 0.6 is 11.3 Å². The maximum absolute atomic E-state index is 11.0. The lowest BCUT2D eigenvalue weighted by atomic mass is 10.1. The summed E-state index contributed by atoms with van der Waals surface area (Å²) in [7, 11) is -4.03. The van der Waals surface area contributed by atoms with E-state index >= 15 is 0 Å². The Labute approximate surface area is 162 Å². The lowest BCUT2D eigenvalue weighted by molar-refractivity contribution is 0.487. The summed E-state index contributed by atoms with van der Waals surface area (Å²) >= 11 is 1.68. The van der Waals surface area contributed by atoms with E-state index in [9.17, 15) is 8.42 Å². The quantitative estimate of drug-likeness (QED) is 0.657. The Bertz CT molecular complexity index is 1020. The predicted molar refractivity (Wildman–Crippen MR) is 106 cm³/mol. The molecule has 0 radical (unpaired) electrons. The van der Waals surface area contributed by atoms with Crippen LogP contribution in [0.4, 0.5) is 5.69 Å². The number of anilines is 1. The summed E-state index contributed by atoms with van der Waals surface area (Å²) in [6.07, 6.45) is 0. The van der Waals surface area contributed by atoms with Crippen LogP contribution in [0.3, 0.4) is 0 Å². The molecule has 0 unspecified atom stereocenters. The highest BCUT2D eigenvalue weighted by atomic mass is 32.2. The molecule has 0 saturated heterocycles. The minimum atomic E-state index is -4.03.